The molecule has 0 aliphatic heterocycles. The summed E-state index contributed by atoms with van der Waals surface area (Å²) in [5.41, 5.74) is 0.106. The molecule has 0 spiro atoms. The minimum Gasteiger partial charge on any atom is -0.480 e. The van der Waals surface area contributed by atoms with Crippen LogP contribution in [0.25, 0.3) is 0 Å². The number of hydrogen-bond donors (Lipinski definition) is 2. The topological polar surface area (TPSA) is 119 Å². The number of rotatable bonds is 9. The smallest absolute Gasteiger partial charge is 0.372 e. The van der Waals surface area contributed by atoms with Crippen molar-refractivity contribution in [2.24, 2.45) is 0 Å². The molecule has 0 saturated carbocycles. The van der Waals surface area contributed by atoms with E-state index in [1.54, 1.807) is 12.1 Å². The Morgan fingerprint density at radius 2 is 1.92 bits per heavy atom. The van der Waals surface area contributed by atoms with Crippen molar-refractivity contribution in [1.82, 2.24) is 5.32 Å². The molecule has 2 N–H and O–H groups in total. The molecular formula is C17H21NO7S. The highest BCUT2D eigenvalue weighted by Crippen LogP contribution is 2.22. The Morgan fingerprint density at radius 1 is 1.23 bits per heavy atom. The normalized spacial score (nSPS) is 11.3. The van der Waals surface area contributed by atoms with Crippen molar-refractivity contribution in [1.29, 1.82) is 0 Å². The van der Waals surface area contributed by atoms with Crippen molar-refractivity contribution < 1.29 is 33.8 Å². The number of aliphatic carboxylic acids is 1. The molecular weight excluding hydrogens is 362 g/mol. The second-order valence-corrected chi connectivity index (χ2v) is 6.20. The first-order chi connectivity index (χ1) is 12.3. The van der Waals surface area contributed by atoms with E-state index in [0.717, 1.165) is 12.8 Å². The second kappa shape index (κ2) is 11.1. The number of hydrogen-bond acceptors (Lipinski definition) is 7. The van der Waals surface area contributed by atoms with Crippen LogP contribution in [-0.2, 0) is 14.3 Å². The average molecular weight is 383 g/mol. The molecule has 0 saturated heterocycles. The van der Waals surface area contributed by atoms with E-state index >= 15 is 0 Å². The summed E-state index contributed by atoms with van der Waals surface area (Å²) in [5, 5.41) is 10.4. The van der Waals surface area contributed by atoms with Crippen molar-refractivity contribution in [3.05, 3.63) is 29.8 Å². The molecule has 8 nitrogen and oxygen atoms in total. The summed E-state index contributed by atoms with van der Waals surface area (Å²) in [4.78, 5) is 46.0. The molecule has 1 aromatic rings. The number of ether oxygens (including phenoxy) is 2. The standard InChI is InChI=1S/C17H21NO7S/c1-3-4-9-24-16(22)12-7-5-6-8-14(12)25-17(23)26-10-13(15(20)21)18-11(2)19/h5-8,13H,3-4,9-10H2,1-2H3,(H,18,19)(H,20,21)/t13-/m0/s1. The van der Waals surface area contributed by atoms with Crippen LogP contribution >= 0.6 is 11.8 Å². The summed E-state index contributed by atoms with van der Waals surface area (Å²) in [6.45, 7) is 3.41. The molecule has 0 heterocycles. The lowest BCUT2D eigenvalue weighted by Crippen LogP contribution is -2.41. The highest BCUT2D eigenvalue weighted by atomic mass is 32.2. The molecule has 26 heavy (non-hydrogen) atoms. The summed E-state index contributed by atoms with van der Waals surface area (Å²) < 4.78 is 10.2. The number of carboxylic acids is 1. The maximum atomic E-state index is 12.1. The molecule has 1 aromatic carbocycles. The van der Waals surface area contributed by atoms with Crippen LogP contribution in [0.5, 0.6) is 5.75 Å². The lowest BCUT2D eigenvalue weighted by molar-refractivity contribution is -0.140. The van der Waals surface area contributed by atoms with Gasteiger partial charge in [0.05, 0.1) is 6.61 Å². The first kappa shape index (κ1) is 21.5. The van der Waals surface area contributed by atoms with E-state index in [-0.39, 0.29) is 23.7 Å². The zero-order valence-corrected chi connectivity index (χ0v) is 15.3. The van der Waals surface area contributed by atoms with Crippen LogP contribution in [-0.4, -0.2) is 46.7 Å². The van der Waals surface area contributed by atoms with Gasteiger partial charge in [-0.2, -0.15) is 0 Å². The van der Waals surface area contributed by atoms with Gasteiger partial charge < -0.3 is 19.9 Å². The van der Waals surface area contributed by atoms with Crippen molar-refractivity contribution in [3.63, 3.8) is 0 Å². The predicted molar refractivity (Wildman–Crippen MR) is 95.4 cm³/mol. The summed E-state index contributed by atoms with van der Waals surface area (Å²) >= 11 is 0.583. The summed E-state index contributed by atoms with van der Waals surface area (Å²) in [6, 6.07) is 4.89. The van der Waals surface area contributed by atoms with Crippen molar-refractivity contribution in [2.45, 2.75) is 32.7 Å². The van der Waals surface area contributed by atoms with Crippen LogP contribution < -0.4 is 10.1 Å². The van der Waals surface area contributed by atoms with Crippen LogP contribution in [0, 0.1) is 0 Å². The molecule has 0 aromatic heterocycles. The number of benzene rings is 1. The number of para-hydroxylation sites is 1. The fourth-order valence-corrected chi connectivity index (χ4v) is 2.48. The molecule has 0 bridgehead atoms. The Bertz CT molecular complexity index is 662. The third-order valence-electron chi connectivity index (χ3n) is 3.07. The monoisotopic (exact) mass is 383 g/mol. The summed E-state index contributed by atoms with van der Waals surface area (Å²) in [7, 11) is 0. The summed E-state index contributed by atoms with van der Waals surface area (Å²) in [5.74, 6) is -2.57. The predicted octanol–water partition coefficient (Wildman–Crippen LogP) is 2.46. The van der Waals surface area contributed by atoms with Gasteiger partial charge in [-0.1, -0.05) is 25.5 Å². The number of esters is 1. The third kappa shape index (κ3) is 7.56. The molecule has 0 fully saturated rings. The number of thioether (sulfide) groups is 1. The van der Waals surface area contributed by atoms with Gasteiger partial charge in [0.1, 0.15) is 17.4 Å². The number of carbonyl (C=O) groups is 4. The molecule has 1 amide bonds. The Balaban J connectivity index is 2.67. The highest BCUT2D eigenvalue weighted by molar-refractivity contribution is 8.13. The first-order valence-corrected chi connectivity index (χ1v) is 8.94. The van der Waals surface area contributed by atoms with Crippen LogP contribution in [0.2, 0.25) is 0 Å². The van der Waals surface area contributed by atoms with E-state index in [1.807, 2.05) is 6.92 Å². The van der Waals surface area contributed by atoms with Gasteiger partial charge in [0.15, 0.2) is 0 Å². The molecule has 0 aliphatic rings. The maximum Gasteiger partial charge on any atom is 0.372 e. The van der Waals surface area contributed by atoms with E-state index in [2.05, 4.69) is 5.32 Å². The molecule has 1 atom stereocenters. The Labute approximate surface area is 155 Å². The van der Waals surface area contributed by atoms with Crippen molar-refractivity contribution in [2.75, 3.05) is 12.4 Å². The number of carboxylic acid groups (broad SMARTS) is 1. The maximum absolute atomic E-state index is 12.1. The van der Waals surface area contributed by atoms with E-state index in [0.29, 0.717) is 11.8 Å². The molecule has 142 valence electrons. The quantitative estimate of drug-likeness (QED) is 0.493. The van der Waals surface area contributed by atoms with E-state index in [9.17, 15) is 19.2 Å². The fourth-order valence-electron chi connectivity index (χ4n) is 1.80. The van der Waals surface area contributed by atoms with Gasteiger partial charge in [-0.25, -0.2) is 14.4 Å². The average Bonchev–Trinajstić information content (AvgIpc) is 2.58. The van der Waals surface area contributed by atoms with Crippen molar-refractivity contribution >= 4 is 34.9 Å². The van der Waals surface area contributed by atoms with Crippen LogP contribution in [0.1, 0.15) is 37.0 Å². The third-order valence-corrected chi connectivity index (χ3v) is 3.89. The highest BCUT2D eigenvalue weighted by Gasteiger charge is 2.22. The van der Waals surface area contributed by atoms with Gasteiger partial charge in [-0.3, -0.25) is 4.79 Å². The lowest BCUT2D eigenvalue weighted by atomic mass is 10.2. The van der Waals surface area contributed by atoms with E-state index in [1.165, 1.54) is 19.1 Å². The number of carbonyl (C=O) groups excluding carboxylic acids is 3. The number of nitrogens with one attached hydrogen (secondary N) is 1. The van der Waals surface area contributed by atoms with Crippen LogP contribution in [0.4, 0.5) is 4.79 Å². The second-order valence-electron chi connectivity index (χ2n) is 5.24. The first-order valence-electron chi connectivity index (χ1n) is 7.95. The Hall–Kier alpha value is -2.55. The molecule has 0 radical (unpaired) electrons. The molecule has 1 rings (SSSR count). The lowest BCUT2D eigenvalue weighted by Gasteiger charge is -2.13. The largest absolute Gasteiger partial charge is 0.480 e. The Kier molecular flexibility index (Phi) is 9.21. The minimum absolute atomic E-state index is 0.0258. The van der Waals surface area contributed by atoms with Gasteiger partial charge in [0.2, 0.25) is 5.91 Å². The van der Waals surface area contributed by atoms with Gasteiger partial charge in [-0.05, 0) is 30.3 Å². The van der Waals surface area contributed by atoms with E-state index in [4.69, 9.17) is 14.6 Å². The zero-order chi connectivity index (χ0) is 19.5. The molecule has 9 heteroatoms. The van der Waals surface area contributed by atoms with Gasteiger partial charge in [0, 0.05) is 12.7 Å². The SMILES string of the molecule is CCCCOC(=O)c1ccccc1OC(=O)SC[C@H](NC(C)=O)C(=O)O. The molecule has 0 aliphatic carbocycles. The Morgan fingerprint density at radius 3 is 2.54 bits per heavy atom. The van der Waals surface area contributed by atoms with Crippen LogP contribution in [0.15, 0.2) is 24.3 Å². The van der Waals surface area contributed by atoms with Crippen molar-refractivity contribution in [3.8, 4) is 5.75 Å². The fraction of sp³-hybridized carbons (Fsp3) is 0.412. The summed E-state index contributed by atoms with van der Waals surface area (Å²) in [6.07, 6.45) is 1.60. The minimum atomic E-state index is -1.26. The number of amides is 1. The van der Waals surface area contributed by atoms with Crippen LogP contribution in [0.3, 0.4) is 0 Å². The van der Waals surface area contributed by atoms with Gasteiger partial charge in [-0.15, -0.1) is 0 Å². The van der Waals surface area contributed by atoms with Gasteiger partial charge in [0.25, 0.3) is 0 Å². The molecule has 0 unspecified atom stereocenters. The van der Waals surface area contributed by atoms with Gasteiger partial charge >= 0.3 is 17.2 Å². The van der Waals surface area contributed by atoms with E-state index < -0.39 is 29.2 Å². The zero-order valence-electron chi connectivity index (χ0n) is 14.5. The number of unbranched alkanes of at least 4 members (excludes halogenated alkanes) is 1.